The Kier molecular flexibility index (Phi) is 3.38. The van der Waals surface area contributed by atoms with E-state index in [-0.39, 0.29) is 0 Å². The van der Waals surface area contributed by atoms with Crippen molar-refractivity contribution in [1.29, 1.82) is 0 Å². The summed E-state index contributed by atoms with van der Waals surface area (Å²) in [5.74, 6) is 0.673. The van der Waals surface area contributed by atoms with Crippen LogP contribution in [-0.2, 0) is 11.2 Å². The number of hydrogen-bond donors (Lipinski definition) is 1. The van der Waals surface area contributed by atoms with Gasteiger partial charge in [0.1, 0.15) is 0 Å². The maximum absolute atomic E-state index is 5.20. The van der Waals surface area contributed by atoms with Crippen LogP contribution in [0.15, 0.2) is 24.3 Å². The van der Waals surface area contributed by atoms with E-state index in [1.807, 2.05) is 7.05 Å². The zero-order valence-electron chi connectivity index (χ0n) is 11.6. The first-order valence-corrected chi connectivity index (χ1v) is 6.92. The van der Waals surface area contributed by atoms with E-state index in [4.69, 9.17) is 9.72 Å². The van der Waals surface area contributed by atoms with Gasteiger partial charge in [0, 0.05) is 36.8 Å². The standard InChI is InChI=1S/C16H20N2O/c1-17-15-10-14(11-6-7-11)18-16-12(8-9-19-2)4-3-5-13(15)16/h3-5,10-11H,6-9H2,1-2H3,(H,17,18). The minimum Gasteiger partial charge on any atom is -0.388 e. The van der Waals surface area contributed by atoms with Gasteiger partial charge in [0.15, 0.2) is 0 Å². The highest BCUT2D eigenvalue weighted by Crippen LogP contribution is 2.41. The lowest BCUT2D eigenvalue weighted by atomic mass is 10.0. The summed E-state index contributed by atoms with van der Waals surface area (Å²) in [4.78, 5) is 4.90. The molecule has 0 aliphatic heterocycles. The van der Waals surface area contributed by atoms with Crippen molar-refractivity contribution >= 4 is 16.6 Å². The van der Waals surface area contributed by atoms with Gasteiger partial charge in [0.05, 0.1) is 12.1 Å². The van der Waals surface area contributed by atoms with Gasteiger partial charge in [-0.2, -0.15) is 0 Å². The lowest BCUT2D eigenvalue weighted by Gasteiger charge is -2.12. The van der Waals surface area contributed by atoms with Crippen molar-refractivity contribution in [3.63, 3.8) is 0 Å². The number of aromatic nitrogens is 1. The number of fused-ring (bicyclic) bond motifs is 1. The maximum Gasteiger partial charge on any atom is 0.0759 e. The third kappa shape index (κ3) is 2.43. The zero-order chi connectivity index (χ0) is 13.2. The molecule has 0 radical (unpaired) electrons. The number of pyridine rings is 1. The number of nitrogens with one attached hydrogen (secondary N) is 1. The van der Waals surface area contributed by atoms with Crippen molar-refractivity contribution in [3.05, 3.63) is 35.5 Å². The zero-order valence-corrected chi connectivity index (χ0v) is 11.6. The summed E-state index contributed by atoms with van der Waals surface area (Å²) in [5.41, 5.74) is 4.83. The monoisotopic (exact) mass is 256 g/mol. The molecular formula is C16H20N2O. The minimum atomic E-state index is 0.673. The lowest BCUT2D eigenvalue weighted by Crippen LogP contribution is -2.00. The van der Waals surface area contributed by atoms with Crippen molar-refractivity contribution in [2.75, 3.05) is 26.1 Å². The molecule has 100 valence electrons. The van der Waals surface area contributed by atoms with E-state index >= 15 is 0 Å². The first-order chi connectivity index (χ1) is 9.33. The fourth-order valence-electron chi connectivity index (χ4n) is 2.54. The van der Waals surface area contributed by atoms with E-state index < -0.39 is 0 Å². The third-order valence-electron chi connectivity index (χ3n) is 3.78. The van der Waals surface area contributed by atoms with Crippen LogP contribution in [0.5, 0.6) is 0 Å². The summed E-state index contributed by atoms with van der Waals surface area (Å²) in [6, 6.07) is 8.61. The lowest BCUT2D eigenvalue weighted by molar-refractivity contribution is 0.202. The van der Waals surface area contributed by atoms with Gasteiger partial charge in [0.2, 0.25) is 0 Å². The Hall–Kier alpha value is -1.61. The number of para-hydroxylation sites is 1. The van der Waals surface area contributed by atoms with Crippen LogP contribution in [0, 0.1) is 0 Å². The molecule has 19 heavy (non-hydrogen) atoms. The summed E-state index contributed by atoms with van der Waals surface area (Å²) in [5, 5.41) is 4.51. The van der Waals surface area contributed by atoms with Crippen LogP contribution in [0.2, 0.25) is 0 Å². The van der Waals surface area contributed by atoms with Gasteiger partial charge in [0.25, 0.3) is 0 Å². The predicted octanol–water partition coefficient (Wildman–Crippen LogP) is 3.34. The molecule has 3 heteroatoms. The van der Waals surface area contributed by atoms with E-state index in [9.17, 15) is 0 Å². The number of rotatable bonds is 5. The fourth-order valence-corrected chi connectivity index (χ4v) is 2.54. The molecule has 1 aliphatic rings. The number of nitrogens with zero attached hydrogens (tertiary/aromatic N) is 1. The quantitative estimate of drug-likeness (QED) is 0.891. The molecule has 1 aliphatic carbocycles. The molecule has 0 saturated heterocycles. The molecule has 0 unspecified atom stereocenters. The Morgan fingerprint density at radius 1 is 1.37 bits per heavy atom. The Labute approximate surface area is 114 Å². The van der Waals surface area contributed by atoms with Crippen molar-refractivity contribution < 1.29 is 4.74 Å². The molecule has 2 aromatic rings. The number of anilines is 1. The summed E-state index contributed by atoms with van der Waals surface area (Å²) in [7, 11) is 3.72. The van der Waals surface area contributed by atoms with Crippen LogP contribution >= 0.6 is 0 Å². The second kappa shape index (κ2) is 5.17. The Morgan fingerprint density at radius 3 is 2.89 bits per heavy atom. The highest BCUT2D eigenvalue weighted by Gasteiger charge is 2.26. The predicted molar refractivity (Wildman–Crippen MR) is 78.8 cm³/mol. The summed E-state index contributed by atoms with van der Waals surface area (Å²) < 4.78 is 5.20. The fraction of sp³-hybridized carbons (Fsp3) is 0.438. The second-order valence-electron chi connectivity index (χ2n) is 5.18. The number of methoxy groups -OCH3 is 1. The van der Waals surface area contributed by atoms with E-state index in [2.05, 4.69) is 29.6 Å². The topological polar surface area (TPSA) is 34.2 Å². The largest absolute Gasteiger partial charge is 0.388 e. The molecule has 3 nitrogen and oxygen atoms in total. The summed E-state index contributed by atoms with van der Waals surface area (Å²) in [6.07, 6.45) is 3.47. The molecule has 1 fully saturated rings. The molecule has 3 rings (SSSR count). The second-order valence-corrected chi connectivity index (χ2v) is 5.18. The smallest absolute Gasteiger partial charge is 0.0759 e. The van der Waals surface area contributed by atoms with Gasteiger partial charge < -0.3 is 10.1 Å². The average molecular weight is 256 g/mol. The van der Waals surface area contributed by atoms with Gasteiger partial charge in [-0.25, -0.2) is 0 Å². The maximum atomic E-state index is 5.20. The molecule has 1 heterocycles. The molecule has 0 atom stereocenters. The molecule has 0 amide bonds. The van der Waals surface area contributed by atoms with E-state index in [1.54, 1.807) is 7.11 Å². The summed E-state index contributed by atoms with van der Waals surface area (Å²) in [6.45, 7) is 0.739. The average Bonchev–Trinajstić information content (AvgIpc) is 3.28. The molecule has 1 N–H and O–H groups in total. The minimum absolute atomic E-state index is 0.673. The molecule has 1 aromatic heterocycles. The molecule has 0 spiro atoms. The van der Waals surface area contributed by atoms with Crippen LogP contribution in [0.4, 0.5) is 5.69 Å². The summed E-state index contributed by atoms with van der Waals surface area (Å²) >= 11 is 0. The molecule has 1 aromatic carbocycles. The van der Waals surface area contributed by atoms with E-state index in [0.29, 0.717) is 5.92 Å². The first-order valence-electron chi connectivity index (χ1n) is 6.92. The van der Waals surface area contributed by atoms with Crippen LogP contribution in [0.1, 0.15) is 30.0 Å². The van der Waals surface area contributed by atoms with Gasteiger partial charge in [-0.3, -0.25) is 4.98 Å². The van der Waals surface area contributed by atoms with Crippen LogP contribution < -0.4 is 5.32 Å². The number of ether oxygens (including phenoxy) is 1. The first kappa shape index (κ1) is 12.4. The van der Waals surface area contributed by atoms with Crippen LogP contribution in [0.25, 0.3) is 10.9 Å². The van der Waals surface area contributed by atoms with Crippen molar-refractivity contribution in [2.45, 2.75) is 25.2 Å². The molecule has 1 saturated carbocycles. The van der Waals surface area contributed by atoms with Crippen LogP contribution in [0.3, 0.4) is 0 Å². The van der Waals surface area contributed by atoms with Crippen molar-refractivity contribution in [1.82, 2.24) is 4.98 Å². The highest BCUT2D eigenvalue weighted by molar-refractivity contribution is 5.93. The van der Waals surface area contributed by atoms with Gasteiger partial charge in [-0.05, 0) is 30.9 Å². The Balaban J connectivity index is 2.13. The molecular weight excluding hydrogens is 236 g/mol. The molecule has 0 bridgehead atoms. The number of hydrogen-bond acceptors (Lipinski definition) is 3. The SMILES string of the molecule is CNc1cc(C2CC2)nc2c(CCOC)cccc12. The van der Waals surface area contributed by atoms with E-state index in [0.717, 1.165) is 18.5 Å². The normalized spacial score (nSPS) is 14.8. The van der Waals surface area contributed by atoms with Gasteiger partial charge in [-0.1, -0.05) is 18.2 Å². The number of benzene rings is 1. The van der Waals surface area contributed by atoms with E-state index in [1.165, 1.54) is 35.2 Å². The van der Waals surface area contributed by atoms with Gasteiger partial charge >= 0.3 is 0 Å². The third-order valence-corrected chi connectivity index (χ3v) is 3.78. The van der Waals surface area contributed by atoms with Gasteiger partial charge in [-0.15, -0.1) is 0 Å². The van der Waals surface area contributed by atoms with Crippen LogP contribution in [-0.4, -0.2) is 25.7 Å². The van der Waals surface area contributed by atoms with Crippen molar-refractivity contribution in [2.24, 2.45) is 0 Å². The Bertz CT molecular complexity index is 591. The Morgan fingerprint density at radius 2 is 2.21 bits per heavy atom. The van der Waals surface area contributed by atoms with Crippen molar-refractivity contribution in [3.8, 4) is 0 Å². The highest BCUT2D eigenvalue weighted by atomic mass is 16.5.